The summed E-state index contributed by atoms with van der Waals surface area (Å²) < 4.78 is 9.21. The summed E-state index contributed by atoms with van der Waals surface area (Å²) >= 11 is 0. The molecule has 0 aliphatic heterocycles. The van der Waals surface area contributed by atoms with Crippen LogP contribution in [0.15, 0.2) is 46.2 Å². The van der Waals surface area contributed by atoms with E-state index in [-0.39, 0.29) is 16.9 Å². The summed E-state index contributed by atoms with van der Waals surface area (Å²) in [7, 11) is 1.59. The molecule has 1 aromatic carbocycles. The minimum absolute atomic E-state index is 0.129. The van der Waals surface area contributed by atoms with E-state index in [0.717, 1.165) is 12.8 Å². The third-order valence-electron chi connectivity index (χ3n) is 3.72. The molecule has 0 spiro atoms. The summed E-state index contributed by atoms with van der Waals surface area (Å²) in [6.07, 6.45) is 4.94. The predicted molar refractivity (Wildman–Crippen MR) is 86.5 cm³/mol. The number of hydrogen-bond donors (Lipinski definition) is 0. The van der Waals surface area contributed by atoms with E-state index in [0.29, 0.717) is 18.0 Å². The quantitative estimate of drug-likeness (QED) is 0.715. The van der Waals surface area contributed by atoms with E-state index in [4.69, 9.17) is 4.74 Å². The summed E-state index contributed by atoms with van der Waals surface area (Å²) in [6, 6.07) is 7.11. The van der Waals surface area contributed by atoms with Crippen molar-refractivity contribution in [3.8, 4) is 11.4 Å². The molecule has 7 nitrogen and oxygen atoms in total. The van der Waals surface area contributed by atoms with Gasteiger partial charge < -0.3 is 4.74 Å². The van der Waals surface area contributed by atoms with Gasteiger partial charge in [0.1, 0.15) is 5.75 Å². The fourth-order valence-electron chi connectivity index (χ4n) is 2.41. The van der Waals surface area contributed by atoms with Crippen molar-refractivity contribution >= 4 is 5.65 Å². The maximum atomic E-state index is 12.6. The summed E-state index contributed by atoms with van der Waals surface area (Å²) in [5.74, 6) is 0.711. The monoisotopic (exact) mass is 314 g/mol. The van der Waals surface area contributed by atoms with Gasteiger partial charge >= 0.3 is 11.2 Å². The first-order chi connectivity index (χ1) is 11.2. The van der Waals surface area contributed by atoms with Crippen LogP contribution in [0.3, 0.4) is 0 Å². The highest BCUT2D eigenvalue weighted by atomic mass is 16.5. The van der Waals surface area contributed by atoms with Gasteiger partial charge in [0, 0.05) is 24.6 Å². The molecule has 0 aliphatic rings. The van der Waals surface area contributed by atoms with Gasteiger partial charge in [0.25, 0.3) is 0 Å². The Bertz CT molecular complexity index is 935. The van der Waals surface area contributed by atoms with Crippen LogP contribution in [0.4, 0.5) is 0 Å². The van der Waals surface area contributed by atoms with Crippen LogP contribution in [-0.4, -0.2) is 25.9 Å². The highest BCUT2D eigenvalue weighted by Crippen LogP contribution is 2.13. The number of ether oxygens (including phenoxy) is 1. The van der Waals surface area contributed by atoms with E-state index in [1.807, 2.05) is 6.92 Å². The molecule has 0 atom stereocenters. The molecule has 0 saturated carbocycles. The molecule has 0 amide bonds. The number of methoxy groups -OCH3 is 1. The number of nitrogens with zero attached hydrogens (tertiary/aromatic N) is 4. The topological polar surface area (TPSA) is 70.5 Å². The van der Waals surface area contributed by atoms with E-state index < -0.39 is 0 Å². The molecule has 0 unspecified atom stereocenters. The largest absolute Gasteiger partial charge is 0.497 e. The summed E-state index contributed by atoms with van der Waals surface area (Å²) in [5, 5.41) is 4.18. The average molecular weight is 314 g/mol. The molecule has 3 rings (SSSR count). The molecule has 3 aromatic rings. The van der Waals surface area contributed by atoms with Crippen molar-refractivity contribution in [1.82, 2.24) is 18.7 Å². The predicted octanol–water partition coefficient (Wildman–Crippen LogP) is 1.46. The van der Waals surface area contributed by atoms with Gasteiger partial charge in [-0.25, -0.2) is 13.9 Å². The van der Waals surface area contributed by atoms with Gasteiger partial charge in [-0.1, -0.05) is 13.3 Å². The van der Waals surface area contributed by atoms with Crippen LogP contribution in [0.2, 0.25) is 0 Å². The number of aromatic nitrogens is 4. The lowest BCUT2D eigenvalue weighted by molar-refractivity contribution is 0.414. The highest BCUT2D eigenvalue weighted by Gasteiger charge is 2.12. The number of aryl methyl sites for hydroxylation is 1. The summed E-state index contributed by atoms with van der Waals surface area (Å²) in [6.45, 7) is 2.55. The highest BCUT2D eigenvalue weighted by molar-refractivity contribution is 5.42. The van der Waals surface area contributed by atoms with Crippen LogP contribution >= 0.6 is 0 Å². The second kappa shape index (κ2) is 6.12. The Morgan fingerprint density at radius 3 is 2.52 bits per heavy atom. The lowest BCUT2D eigenvalue weighted by Gasteiger charge is -2.06. The molecule has 120 valence electrons. The lowest BCUT2D eigenvalue weighted by Crippen LogP contribution is -2.24. The van der Waals surface area contributed by atoms with Crippen molar-refractivity contribution in [2.24, 2.45) is 0 Å². The van der Waals surface area contributed by atoms with Crippen molar-refractivity contribution in [2.75, 3.05) is 7.11 Å². The maximum absolute atomic E-state index is 12.6. The van der Waals surface area contributed by atoms with Crippen LogP contribution in [0, 0.1) is 0 Å². The molecule has 0 N–H and O–H groups in total. The van der Waals surface area contributed by atoms with Crippen molar-refractivity contribution in [1.29, 1.82) is 0 Å². The molecule has 2 aromatic heterocycles. The number of fused-ring (bicyclic) bond motifs is 1. The van der Waals surface area contributed by atoms with Gasteiger partial charge in [-0.15, -0.1) is 5.10 Å². The van der Waals surface area contributed by atoms with Gasteiger partial charge in [0.05, 0.1) is 7.11 Å². The Hall–Kier alpha value is -2.83. The fourth-order valence-corrected chi connectivity index (χ4v) is 2.41. The number of unbranched alkanes of at least 4 members (excludes halogenated alkanes) is 1. The first kappa shape index (κ1) is 15.1. The van der Waals surface area contributed by atoms with Gasteiger partial charge in [-0.05, 0) is 30.7 Å². The van der Waals surface area contributed by atoms with Crippen molar-refractivity contribution in [3.05, 3.63) is 57.5 Å². The molecule has 0 fully saturated rings. The number of rotatable bonds is 5. The molecule has 7 heteroatoms. The molecule has 2 heterocycles. The standard InChI is InChI=1S/C16H18N4O3/c1-3-4-9-20-16(22)19-11-10-18(15(21)14(19)17-20)12-5-7-13(23-2)8-6-12/h5-8,10-11H,3-4,9H2,1-2H3. The Morgan fingerprint density at radius 2 is 1.87 bits per heavy atom. The van der Waals surface area contributed by atoms with E-state index >= 15 is 0 Å². The minimum Gasteiger partial charge on any atom is -0.497 e. The summed E-state index contributed by atoms with van der Waals surface area (Å²) in [4.78, 5) is 24.8. The lowest BCUT2D eigenvalue weighted by atomic mass is 10.3. The maximum Gasteiger partial charge on any atom is 0.350 e. The molecule has 0 bridgehead atoms. The molecule has 0 radical (unpaired) electrons. The Kier molecular flexibility index (Phi) is 4.01. The molecular weight excluding hydrogens is 296 g/mol. The van der Waals surface area contributed by atoms with Crippen LogP contribution in [-0.2, 0) is 6.54 Å². The molecular formula is C16H18N4O3. The number of benzene rings is 1. The van der Waals surface area contributed by atoms with Crippen molar-refractivity contribution in [2.45, 2.75) is 26.3 Å². The zero-order chi connectivity index (χ0) is 16.4. The first-order valence-electron chi connectivity index (χ1n) is 7.51. The zero-order valence-electron chi connectivity index (χ0n) is 13.1. The van der Waals surface area contributed by atoms with E-state index in [1.165, 1.54) is 13.6 Å². The number of hydrogen-bond acceptors (Lipinski definition) is 4. The second-order valence-electron chi connectivity index (χ2n) is 5.22. The second-order valence-corrected chi connectivity index (χ2v) is 5.22. The summed E-state index contributed by atoms with van der Waals surface area (Å²) in [5.41, 5.74) is 0.204. The van der Waals surface area contributed by atoms with Crippen molar-refractivity contribution < 1.29 is 4.74 Å². The Labute approximate surface area is 132 Å². The van der Waals surface area contributed by atoms with Crippen LogP contribution in [0.25, 0.3) is 11.3 Å². The van der Waals surface area contributed by atoms with Crippen LogP contribution < -0.4 is 16.0 Å². The van der Waals surface area contributed by atoms with E-state index in [9.17, 15) is 9.59 Å². The normalized spacial score (nSPS) is 11.0. The zero-order valence-corrected chi connectivity index (χ0v) is 13.1. The first-order valence-corrected chi connectivity index (χ1v) is 7.51. The van der Waals surface area contributed by atoms with Gasteiger partial charge in [0.2, 0.25) is 5.65 Å². The van der Waals surface area contributed by atoms with Crippen LogP contribution in [0.5, 0.6) is 5.75 Å². The van der Waals surface area contributed by atoms with Gasteiger partial charge in [-0.2, -0.15) is 0 Å². The Morgan fingerprint density at radius 1 is 1.13 bits per heavy atom. The SMILES string of the molecule is CCCCn1nc2c(=O)n(-c3ccc(OC)cc3)ccn2c1=O. The van der Waals surface area contributed by atoms with Gasteiger partial charge in [0.15, 0.2) is 0 Å². The molecule has 0 aliphatic carbocycles. The van der Waals surface area contributed by atoms with Crippen LogP contribution in [0.1, 0.15) is 19.8 Å². The Balaban J connectivity index is 2.11. The van der Waals surface area contributed by atoms with E-state index in [2.05, 4.69) is 5.10 Å². The smallest absolute Gasteiger partial charge is 0.350 e. The third kappa shape index (κ3) is 2.65. The third-order valence-corrected chi connectivity index (χ3v) is 3.72. The van der Waals surface area contributed by atoms with E-state index in [1.54, 1.807) is 43.8 Å². The molecule has 0 saturated heterocycles. The van der Waals surface area contributed by atoms with Gasteiger partial charge in [-0.3, -0.25) is 9.36 Å². The fraction of sp³-hybridized carbons (Fsp3) is 0.312. The molecule has 23 heavy (non-hydrogen) atoms. The minimum atomic E-state index is -0.329. The van der Waals surface area contributed by atoms with Crippen molar-refractivity contribution in [3.63, 3.8) is 0 Å². The average Bonchev–Trinajstić information content (AvgIpc) is 2.91.